The van der Waals surface area contributed by atoms with E-state index in [9.17, 15) is 4.39 Å². The summed E-state index contributed by atoms with van der Waals surface area (Å²) in [6.45, 7) is 1.60. The van der Waals surface area contributed by atoms with E-state index in [0.29, 0.717) is 0 Å². The number of pyridine rings is 1. The molecule has 0 fully saturated rings. The predicted molar refractivity (Wildman–Crippen MR) is 87.2 cm³/mol. The quantitative estimate of drug-likeness (QED) is 0.706. The van der Waals surface area contributed by atoms with Crippen LogP contribution in [0.1, 0.15) is 10.7 Å². The number of nitrogens with one attached hydrogen (secondary N) is 1. The maximum atomic E-state index is 12.9. The Hall–Kier alpha value is -2.11. The Labute approximate surface area is 132 Å². The fraction of sp³-hybridized carbons (Fsp3) is 0.176. The second-order valence-electron chi connectivity index (χ2n) is 4.87. The number of hydrogen-bond acceptors (Lipinski definition) is 4. The number of thiazole rings is 1. The first-order valence-electron chi connectivity index (χ1n) is 7.12. The van der Waals surface area contributed by atoms with E-state index < -0.39 is 0 Å². The summed E-state index contributed by atoms with van der Waals surface area (Å²) in [5.41, 5.74) is 2.08. The second-order valence-corrected chi connectivity index (χ2v) is 5.99. The first-order chi connectivity index (χ1) is 10.8. The molecule has 0 saturated heterocycles. The van der Waals surface area contributed by atoms with Gasteiger partial charge in [0.15, 0.2) is 0 Å². The Bertz CT molecular complexity index is 710. The van der Waals surface area contributed by atoms with Crippen LogP contribution >= 0.6 is 11.3 Å². The Morgan fingerprint density at radius 1 is 1.05 bits per heavy atom. The van der Waals surface area contributed by atoms with Crippen molar-refractivity contribution in [1.29, 1.82) is 0 Å². The highest BCUT2D eigenvalue weighted by atomic mass is 32.1. The molecule has 0 aliphatic heterocycles. The van der Waals surface area contributed by atoms with Crippen molar-refractivity contribution in [2.45, 2.75) is 13.0 Å². The third-order valence-electron chi connectivity index (χ3n) is 3.24. The van der Waals surface area contributed by atoms with E-state index in [1.54, 1.807) is 23.5 Å². The minimum absolute atomic E-state index is 0.218. The number of aromatic nitrogens is 2. The van der Waals surface area contributed by atoms with Gasteiger partial charge in [-0.05, 0) is 29.8 Å². The standard InChI is InChI=1S/C17H16FN3S/c18-14-6-4-13(5-7-14)16-11-21-17(22-16)12-19-10-8-15-3-1-2-9-20-15/h1-7,9,11,19H,8,10,12H2. The molecule has 3 aromatic rings. The van der Waals surface area contributed by atoms with Gasteiger partial charge in [-0.2, -0.15) is 0 Å². The van der Waals surface area contributed by atoms with Crippen LogP contribution < -0.4 is 5.32 Å². The molecule has 5 heteroatoms. The van der Waals surface area contributed by atoms with Gasteiger partial charge in [-0.1, -0.05) is 18.2 Å². The van der Waals surface area contributed by atoms with Crippen LogP contribution in [0.4, 0.5) is 4.39 Å². The van der Waals surface area contributed by atoms with E-state index in [-0.39, 0.29) is 5.82 Å². The summed E-state index contributed by atoms with van der Waals surface area (Å²) in [4.78, 5) is 9.75. The van der Waals surface area contributed by atoms with Gasteiger partial charge in [-0.15, -0.1) is 11.3 Å². The van der Waals surface area contributed by atoms with Gasteiger partial charge >= 0.3 is 0 Å². The molecule has 0 aliphatic rings. The van der Waals surface area contributed by atoms with E-state index in [0.717, 1.165) is 40.7 Å². The molecule has 1 aromatic carbocycles. The molecule has 3 nitrogen and oxygen atoms in total. The number of nitrogens with zero attached hydrogens (tertiary/aromatic N) is 2. The first kappa shape index (κ1) is 14.8. The molecule has 0 radical (unpaired) electrons. The average molecular weight is 313 g/mol. The van der Waals surface area contributed by atoms with Crippen molar-refractivity contribution < 1.29 is 4.39 Å². The molecule has 1 N–H and O–H groups in total. The zero-order chi connectivity index (χ0) is 15.2. The third-order valence-corrected chi connectivity index (χ3v) is 4.29. The molecule has 0 bridgehead atoms. The Morgan fingerprint density at radius 2 is 1.91 bits per heavy atom. The molecule has 2 aromatic heterocycles. The maximum Gasteiger partial charge on any atom is 0.123 e. The van der Waals surface area contributed by atoms with E-state index in [2.05, 4.69) is 15.3 Å². The van der Waals surface area contributed by atoms with Crippen molar-refractivity contribution in [3.63, 3.8) is 0 Å². The Balaban J connectivity index is 1.50. The Kier molecular flexibility index (Phi) is 4.88. The van der Waals surface area contributed by atoms with Crippen LogP contribution in [0.2, 0.25) is 0 Å². The van der Waals surface area contributed by atoms with E-state index in [1.807, 2.05) is 30.6 Å². The highest BCUT2D eigenvalue weighted by Crippen LogP contribution is 2.26. The molecular formula is C17H16FN3S. The first-order valence-corrected chi connectivity index (χ1v) is 7.94. The summed E-state index contributed by atoms with van der Waals surface area (Å²) in [7, 11) is 0. The lowest BCUT2D eigenvalue weighted by Crippen LogP contribution is -2.16. The summed E-state index contributed by atoms with van der Waals surface area (Å²) in [6.07, 6.45) is 4.55. The summed E-state index contributed by atoms with van der Waals surface area (Å²) < 4.78 is 12.9. The Morgan fingerprint density at radius 3 is 2.68 bits per heavy atom. The second kappa shape index (κ2) is 7.24. The lowest BCUT2D eigenvalue weighted by atomic mass is 10.2. The van der Waals surface area contributed by atoms with E-state index in [4.69, 9.17) is 0 Å². The number of halogens is 1. The molecule has 3 rings (SSSR count). The van der Waals surface area contributed by atoms with Crippen molar-refractivity contribution in [2.24, 2.45) is 0 Å². The molecule has 0 atom stereocenters. The minimum atomic E-state index is -0.218. The highest BCUT2D eigenvalue weighted by Gasteiger charge is 2.04. The van der Waals surface area contributed by atoms with Crippen molar-refractivity contribution in [1.82, 2.24) is 15.3 Å². The van der Waals surface area contributed by atoms with Crippen molar-refractivity contribution >= 4 is 11.3 Å². The summed E-state index contributed by atoms with van der Waals surface area (Å²) >= 11 is 1.63. The van der Waals surface area contributed by atoms with Gasteiger partial charge in [0, 0.05) is 37.6 Å². The molecule has 112 valence electrons. The lowest BCUT2D eigenvalue weighted by Gasteiger charge is -2.02. The SMILES string of the molecule is Fc1ccc(-c2cnc(CNCCc3ccccn3)s2)cc1. The average Bonchev–Trinajstić information content (AvgIpc) is 3.02. The fourth-order valence-electron chi connectivity index (χ4n) is 2.10. The highest BCUT2D eigenvalue weighted by molar-refractivity contribution is 7.15. The topological polar surface area (TPSA) is 37.8 Å². The monoisotopic (exact) mass is 313 g/mol. The normalized spacial score (nSPS) is 10.8. The molecule has 22 heavy (non-hydrogen) atoms. The molecule has 0 aliphatic carbocycles. The van der Waals surface area contributed by atoms with Crippen LogP contribution in [0.25, 0.3) is 10.4 Å². The van der Waals surface area contributed by atoms with Crippen LogP contribution in [0.5, 0.6) is 0 Å². The lowest BCUT2D eigenvalue weighted by molar-refractivity contribution is 0.628. The van der Waals surface area contributed by atoms with Crippen molar-refractivity contribution in [2.75, 3.05) is 6.54 Å². The van der Waals surface area contributed by atoms with Gasteiger partial charge in [0.2, 0.25) is 0 Å². The predicted octanol–water partition coefficient (Wildman–Crippen LogP) is 3.68. The summed E-state index contributed by atoms with van der Waals surface area (Å²) in [5.74, 6) is -0.218. The maximum absolute atomic E-state index is 12.9. The fourth-order valence-corrected chi connectivity index (χ4v) is 2.99. The van der Waals surface area contributed by atoms with E-state index in [1.165, 1.54) is 12.1 Å². The largest absolute Gasteiger partial charge is 0.310 e. The summed E-state index contributed by atoms with van der Waals surface area (Å²) in [5, 5.41) is 4.40. The number of hydrogen-bond donors (Lipinski definition) is 1. The van der Waals surface area contributed by atoms with Crippen LogP contribution in [-0.2, 0) is 13.0 Å². The molecule has 0 unspecified atom stereocenters. The van der Waals surface area contributed by atoms with Gasteiger partial charge in [0.05, 0.1) is 4.88 Å². The molecular weight excluding hydrogens is 297 g/mol. The van der Waals surface area contributed by atoms with Crippen LogP contribution in [0.15, 0.2) is 54.9 Å². The summed E-state index contributed by atoms with van der Waals surface area (Å²) in [6, 6.07) is 12.4. The van der Waals surface area contributed by atoms with Gasteiger partial charge in [0.25, 0.3) is 0 Å². The molecule has 0 spiro atoms. The van der Waals surface area contributed by atoms with Gasteiger partial charge in [-0.3, -0.25) is 4.98 Å². The number of rotatable bonds is 6. The third kappa shape index (κ3) is 3.96. The zero-order valence-electron chi connectivity index (χ0n) is 12.0. The molecule has 2 heterocycles. The van der Waals surface area contributed by atoms with E-state index >= 15 is 0 Å². The van der Waals surface area contributed by atoms with Crippen molar-refractivity contribution in [3.05, 3.63) is 71.4 Å². The zero-order valence-corrected chi connectivity index (χ0v) is 12.8. The van der Waals surface area contributed by atoms with Gasteiger partial charge < -0.3 is 5.32 Å². The minimum Gasteiger partial charge on any atom is -0.310 e. The van der Waals surface area contributed by atoms with Gasteiger partial charge in [-0.25, -0.2) is 9.37 Å². The molecule has 0 saturated carbocycles. The van der Waals surface area contributed by atoms with Gasteiger partial charge in [0.1, 0.15) is 10.8 Å². The van der Waals surface area contributed by atoms with Crippen LogP contribution in [-0.4, -0.2) is 16.5 Å². The van der Waals surface area contributed by atoms with Crippen molar-refractivity contribution in [3.8, 4) is 10.4 Å². The van der Waals surface area contributed by atoms with Crippen LogP contribution in [0.3, 0.4) is 0 Å². The number of benzene rings is 1. The smallest absolute Gasteiger partial charge is 0.123 e. The van der Waals surface area contributed by atoms with Crippen LogP contribution in [0, 0.1) is 5.82 Å². The molecule has 0 amide bonds.